The lowest BCUT2D eigenvalue weighted by molar-refractivity contribution is 0.0715. The largest absolute Gasteiger partial charge is 0.391 e. The molecule has 25 heavy (non-hydrogen) atoms. The molecule has 5 heteroatoms. The zero-order chi connectivity index (χ0) is 18.0. The predicted molar refractivity (Wildman–Crippen MR) is 97.4 cm³/mol. The van der Waals surface area contributed by atoms with Crippen molar-refractivity contribution in [1.29, 1.82) is 0 Å². The van der Waals surface area contributed by atoms with E-state index in [1.165, 1.54) is 0 Å². The summed E-state index contributed by atoms with van der Waals surface area (Å²) in [5, 5.41) is 14.6. The van der Waals surface area contributed by atoms with Gasteiger partial charge in [-0.15, -0.1) is 0 Å². The summed E-state index contributed by atoms with van der Waals surface area (Å²) in [6, 6.07) is 10.2. The summed E-state index contributed by atoms with van der Waals surface area (Å²) in [5.41, 5.74) is 2.62. The second kappa shape index (κ2) is 7.40. The van der Waals surface area contributed by atoms with Crippen LogP contribution in [0.1, 0.15) is 66.8 Å². The molecule has 1 amide bonds. The highest BCUT2D eigenvalue weighted by Crippen LogP contribution is 2.34. The highest BCUT2D eigenvalue weighted by atomic mass is 16.3. The third-order valence-corrected chi connectivity index (χ3v) is 5.29. The Balaban J connectivity index is 1.89. The van der Waals surface area contributed by atoms with Crippen molar-refractivity contribution in [2.24, 2.45) is 0 Å². The highest BCUT2D eigenvalue weighted by molar-refractivity contribution is 5.95. The minimum absolute atomic E-state index is 0.0416. The van der Waals surface area contributed by atoms with E-state index in [0.717, 1.165) is 24.1 Å². The van der Waals surface area contributed by atoms with Crippen LogP contribution in [0.25, 0.3) is 0 Å². The number of aliphatic hydroxyl groups is 1. The Labute approximate surface area is 149 Å². The van der Waals surface area contributed by atoms with E-state index in [1.54, 1.807) is 11.1 Å². The van der Waals surface area contributed by atoms with Crippen LogP contribution in [0.3, 0.4) is 0 Å². The number of benzene rings is 1. The Kier molecular flexibility index (Phi) is 5.23. The van der Waals surface area contributed by atoms with Crippen molar-refractivity contribution in [2.75, 3.05) is 6.54 Å². The molecule has 2 unspecified atom stereocenters. The van der Waals surface area contributed by atoms with Crippen LogP contribution >= 0.6 is 0 Å². The average Bonchev–Trinajstić information content (AvgIpc) is 3.20. The van der Waals surface area contributed by atoms with Gasteiger partial charge >= 0.3 is 0 Å². The first kappa shape index (κ1) is 17.7. The van der Waals surface area contributed by atoms with E-state index in [4.69, 9.17) is 0 Å². The topological polar surface area (TPSA) is 58.4 Å². The molecule has 5 nitrogen and oxygen atoms in total. The number of hydrogen-bond donors (Lipinski definition) is 1. The van der Waals surface area contributed by atoms with Crippen molar-refractivity contribution in [3.63, 3.8) is 0 Å². The third-order valence-electron chi connectivity index (χ3n) is 5.29. The molecule has 1 fully saturated rings. The molecule has 2 aromatic rings. The number of aromatic nitrogens is 2. The molecule has 134 valence electrons. The quantitative estimate of drug-likeness (QED) is 0.905. The summed E-state index contributed by atoms with van der Waals surface area (Å²) in [6.07, 6.45) is 3.75. The van der Waals surface area contributed by atoms with Gasteiger partial charge in [0, 0.05) is 12.2 Å². The van der Waals surface area contributed by atoms with Gasteiger partial charge in [-0.25, -0.2) is 0 Å². The van der Waals surface area contributed by atoms with Crippen LogP contribution in [-0.2, 0) is 0 Å². The molecule has 1 aliphatic rings. The van der Waals surface area contributed by atoms with E-state index >= 15 is 0 Å². The lowest BCUT2D eigenvalue weighted by atomic mass is 10.0. The normalized spacial score (nSPS) is 20.4. The van der Waals surface area contributed by atoms with Crippen LogP contribution in [0.5, 0.6) is 0 Å². The SMILES string of the molecule is CCC(CC)n1ncc(C(=O)N2CC(O)CC2c2ccccc2)c1C. The van der Waals surface area contributed by atoms with E-state index in [-0.39, 0.29) is 11.9 Å². The van der Waals surface area contributed by atoms with Gasteiger partial charge in [-0.2, -0.15) is 5.10 Å². The van der Waals surface area contributed by atoms with Gasteiger partial charge in [-0.1, -0.05) is 44.2 Å². The summed E-state index contributed by atoms with van der Waals surface area (Å²) in [6.45, 7) is 6.61. The molecular formula is C20H27N3O2. The minimum Gasteiger partial charge on any atom is -0.391 e. The Bertz CT molecular complexity index is 722. The third kappa shape index (κ3) is 3.33. The fraction of sp³-hybridized carbons (Fsp3) is 0.500. The van der Waals surface area contributed by atoms with Crippen LogP contribution in [0.2, 0.25) is 0 Å². The maximum Gasteiger partial charge on any atom is 0.257 e. The number of amides is 1. The fourth-order valence-corrected chi connectivity index (χ4v) is 3.82. The first-order chi connectivity index (χ1) is 12.1. The minimum atomic E-state index is -0.483. The van der Waals surface area contributed by atoms with Crippen molar-refractivity contribution in [3.05, 3.63) is 53.3 Å². The first-order valence-corrected chi connectivity index (χ1v) is 9.14. The van der Waals surface area contributed by atoms with Gasteiger partial charge in [-0.3, -0.25) is 9.48 Å². The van der Waals surface area contributed by atoms with Crippen LogP contribution in [-0.4, -0.2) is 38.3 Å². The van der Waals surface area contributed by atoms with E-state index in [0.29, 0.717) is 24.6 Å². The number of likely N-dealkylation sites (tertiary alicyclic amines) is 1. The van der Waals surface area contributed by atoms with Crippen LogP contribution in [0.4, 0.5) is 0 Å². The summed E-state index contributed by atoms with van der Waals surface area (Å²) < 4.78 is 1.97. The molecule has 2 atom stereocenters. The molecule has 1 aromatic heterocycles. The maximum absolute atomic E-state index is 13.2. The first-order valence-electron chi connectivity index (χ1n) is 9.14. The zero-order valence-corrected chi connectivity index (χ0v) is 15.2. The molecule has 2 heterocycles. The van der Waals surface area contributed by atoms with E-state index in [2.05, 4.69) is 18.9 Å². The number of hydrogen-bond acceptors (Lipinski definition) is 3. The molecule has 1 aliphatic heterocycles. The van der Waals surface area contributed by atoms with Crippen molar-refractivity contribution >= 4 is 5.91 Å². The molecular weight excluding hydrogens is 314 g/mol. The number of β-amino-alcohol motifs (C(OH)–C–C–N with tert-alkyl or cyclic N) is 1. The second-order valence-electron chi connectivity index (χ2n) is 6.83. The molecule has 0 spiro atoms. The summed E-state index contributed by atoms with van der Waals surface area (Å²) in [4.78, 5) is 15.0. The van der Waals surface area contributed by atoms with E-state index < -0.39 is 6.10 Å². The number of aliphatic hydroxyl groups excluding tert-OH is 1. The van der Waals surface area contributed by atoms with Gasteiger partial charge in [0.2, 0.25) is 0 Å². The average molecular weight is 341 g/mol. The van der Waals surface area contributed by atoms with E-state index in [9.17, 15) is 9.90 Å². The smallest absolute Gasteiger partial charge is 0.257 e. The summed E-state index contributed by atoms with van der Waals surface area (Å²) in [7, 11) is 0. The standard InChI is InChI=1S/C20H27N3O2/c1-4-16(5-2)23-14(3)18(12-21-23)20(25)22-13-17(24)11-19(22)15-9-7-6-8-10-15/h6-10,12,16-17,19,24H,4-5,11,13H2,1-3H3. The van der Waals surface area contributed by atoms with Crippen molar-refractivity contribution in [3.8, 4) is 0 Å². The van der Waals surface area contributed by atoms with Gasteiger partial charge in [0.15, 0.2) is 0 Å². The van der Waals surface area contributed by atoms with Crippen molar-refractivity contribution in [2.45, 2.75) is 58.2 Å². The number of nitrogens with zero attached hydrogens (tertiary/aromatic N) is 3. The molecule has 0 radical (unpaired) electrons. The molecule has 1 saturated heterocycles. The Morgan fingerprint density at radius 3 is 2.60 bits per heavy atom. The Morgan fingerprint density at radius 2 is 1.96 bits per heavy atom. The van der Waals surface area contributed by atoms with Gasteiger partial charge in [0.05, 0.1) is 29.9 Å². The summed E-state index contributed by atoms with van der Waals surface area (Å²) >= 11 is 0. The van der Waals surface area contributed by atoms with Crippen LogP contribution in [0.15, 0.2) is 36.5 Å². The zero-order valence-electron chi connectivity index (χ0n) is 15.2. The fourth-order valence-electron chi connectivity index (χ4n) is 3.82. The summed E-state index contributed by atoms with van der Waals surface area (Å²) in [5.74, 6) is -0.0416. The molecule has 1 aromatic carbocycles. The molecule has 0 saturated carbocycles. The van der Waals surface area contributed by atoms with Crippen LogP contribution in [0, 0.1) is 6.92 Å². The van der Waals surface area contributed by atoms with Gasteiger partial charge < -0.3 is 10.0 Å². The van der Waals surface area contributed by atoms with E-state index in [1.807, 2.05) is 41.9 Å². The molecule has 0 aliphatic carbocycles. The second-order valence-corrected chi connectivity index (χ2v) is 6.83. The van der Waals surface area contributed by atoms with Gasteiger partial charge in [0.25, 0.3) is 5.91 Å². The number of rotatable bonds is 5. The highest BCUT2D eigenvalue weighted by Gasteiger charge is 2.36. The van der Waals surface area contributed by atoms with Gasteiger partial charge in [0.1, 0.15) is 0 Å². The molecule has 3 rings (SSSR count). The Morgan fingerprint density at radius 1 is 1.28 bits per heavy atom. The lowest BCUT2D eigenvalue weighted by Gasteiger charge is -2.25. The lowest BCUT2D eigenvalue weighted by Crippen LogP contribution is -2.32. The Hall–Kier alpha value is -2.14. The van der Waals surface area contributed by atoms with Gasteiger partial charge in [-0.05, 0) is 31.7 Å². The van der Waals surface area contributed by atoms with Crippen molar-refractivity contribution in [1.82, 2.24) is 14.7 Å². The predicted octanol–water partition coefficient (Wildman–Crippen LogP) is 3.50. The monoisotopic (exact) mass is 341 g/mol. The number of carbonyl (C=O) groups is 1. The molecule has 1 N–H and O–H groups in total. The number of carbonyl (C=O) groups excluding carboxylic acids is 1. The molecule has 0 bridgehead atoms. The van der Waals surface area contributed by atoms with Crippen LogP contribution < -0.4 is 0 Å². The maximum atomic E-state index is 13.2. The van der Waals surface area contributed by atoms with Crippen molar-refractivity contribution < 1.29 is 9.90 Å².